The van der Waals surface area contributed by atoms with Gasteiger partial charge in [0.1, 0.15) is 5.75 Å². The van der Waals surface area contributed by atoms with Crippen molar-refractivity contribution in [2.75, 3.05) is 13.2 Å². The molecule has 0 radical (unpaired) electrons. The van der Waals surface area contributed by atoms with Gasteiger partial charge >= 0.3 is 5.97 Å². The van der Waals surface area contributed by atoms with Gasteiger partial charge in [-0.15, -0.1) is 0 Å². The number of benzene rings is 1. The number of ether oxygens (including phenoxy) is 2. The van der Waals surface area contributed by atoms with Gasteiger partial charge in [-0.25, -0.2) is 4.79 Å². The second-order valence-corrected chi connectivity index (χ2v) is 3.86. The zero-order chi connectivity index (χ0) is 12.8. The first kappa shape index (κ1) is 13.8. The number of esters is 1. The zero-order valence-corrected chi connectivity index (χ0v) is 10.6. The van der Waals surface area contributed by atoms with Gasteiger partial charge in [0.2, 0.25) is 0 Å². The first-order chi connectivity index (χ1) is 8.08. The van der Waals surface area contributed by atoms with Crippen molar-refractivity contribution in [2.24, 2.45) is 0 Å². The normalized spacial score (nSPS) is 10.1. The molecule has 0 saturated heterocycles. The summed E-state index contributed by atoms with van der Waals surface area (Å²) in [7, 11) is 0. The lowest BCUT2D eigenvalue weighted by molar-refractivity contribution is -0.145. The molecule has 0 heterocycles. The third-order valence-corrected chi connectivity index (χ3v) is 2.55. The lowest BCUT2D eigenvalue weighted by Crippen LogP contribution is -2.14. The molecule has 0 amide bonds. The summed E-state index contributed by atoms with van der Waals surface area (Å²) in [5.74, 6) is 0.0604. The molecule has 1 aromatic rings. The maximum atomic E-state index is 11.1. The predicted molar refractivity (Wildman–Crippen MR) is 64.2 cm³/mol. The van der Waals surface area contributed by atoms with Crippen molar-refractivity contribution in [1.82, 2.24) is 0 Å². The Morgan fingerprint density at radius 2 is 2.18 bits per heavy atom. The number of halogens is 1. The van der Waals surface area contributed by atoms with Crippen molar-refractivity contribution in [3.63, 3.8) is 0 Å². The molecule has 1 N–H and O–H groups in total. The molecule has 0 aliphatic carbocycles. The van der Waals surface area contributed by atoms with Crippen molar-refractivity contribution >= 4 is 17.6 Å². The van der Waals surface area contributed by atoms with E-state index in [2.05, 4.69) is 0 Å². The van der Waals surface area contributed by atoms with E-state index < -0.39 is 5.97 Å². The molecular weight excluding hydrogens is 244 g/mol. The largest absolute Gasteiger partial charge is 0.482 e. The molecule has 0 bridgehead atoms. The lowest BCUT2D eigenvalue weighted by atomic mass is 10.1. The molecule has 0 aliphatic heterocycles. The maximum absolute atomic E-state index is 11.1. The van der Waals surface area contributed by atoms with Crippen LogP contribution in [0.4, 0.5) is 0 Å². The van der Waals surface area contributed by atoms with E-state index in [0.717, 1.165) is 5.56 Å². The highest BCUT2D eigenvalue weighted by Gasteiger charge is 2.08. The second-order valence-electron chi connectivity index (χ2n) is 3.45. The minimum absolute atomic E-state index is 0.122. The van der Waals surface area contributed by atoms with E-state index in [1.54, 1.807) is 19.1 Å². The molecule has 17 heavy (non-hydrogen) atoms. The van der Waals surface area contributed by atoms with Crippen LogP contribution in [0.5, 0.6) is 5.75 Å². The molecule has 0 fully saturated rings. The van der Waals surface area contributed by atoms with Crippen LogP contribution in [0, 0.1) is 6.92 Å². The van der Waals surface area contributed by atoms with Gasteiger partial charge < -0.3 is 14.6 Å². The van der Waals surface area contributed by atoms with Crippen LogP contribution in [0.25, 0.3) is 0 Å². The Morgan fingerprint density at radius 1 is 1.47 bits per heavy atom. The molecular formula is C12H15ClO4. The first-order valence-electron chi connectivity index (χ1n) is 5.26. The number of rotatable bonds is 5. The van der Waals surface area contributed by atoms with Crippen molar-refractivity contribution in [2.45, 2.75) is 20.5 Å². The summed E-state index contributed by atoms with van der Waals surface area (Å²) in [4.78, 5) is 11.1. The third kappa shape index (κ3) is 3.91. The summed E-state index contributed by atoms with van der Waals surface area (Å²) in [6, 6.07) is 3.29. The lowest BCUT2D eigenvalue weighted by Gasteiger charge is -2.10. The molecule has 5 heteroatoms. The van der Waals surface area contributed by atoms with E-state index >= 15 is 0 Å². The maximum Gasteiger partial charge on any atom is 0.344 e. The molecule has 1 rings (SSSR count). The van der Waals surface area contributed by atoms with Gasteiger partial charge in [0.15, 0.2) is 6.61 Å². The number of carbonyl (C=O) groups is 1. The Labute approximate surface area is 105 Å². The quantitative estimate of drug-likeness (QED) is 0.822. The van der Waals surface area contributed by atoms with Crippen LogP contribution in [0.15, 0.2) is 12.1 Å². The Bertz CT molecular complexity index is 380. The highest BCUT2D eigenvalue weighted by molar-refractivity contribution is 6.31. The van der Waals surface area contributed by atoms with E-state index in [-0.39, 0.29) is 13.2 Å². The Kier molecular flexibility index (Phi) is 5.25. The molecule has 0 atom stereocenters. The third-order valence-electron chi connectivity index (χ3n) is 2.21. The van der Waals surface area contributed by atoms with Gasteiger partial charge in [0.25, 0.3) is 0 Å². The molecule has 0 saturated carbocycles. The van der Waals surface area contributed by atoms with E-state index in [9.17, 15) is 4.79 Å². The van der Waals surface area contributed by atoms with Gasteiger partial charge in [-0.05, 0) is 37.1 Å². The molecule has 4 nitrogen and oxygen atoms in total. The highest BCUT2D eigenvalue weighted by Crippen LogP contribution is 2.26. The Morgan fingerprint density at radius 3 is 2.71 bits per heavy atom. The van der Waals surface area contributed by atoms with E-state index in [1.165, 1.54) is 0 Å². The number of carbonyl (C=O) groups excluding carboxylic acids is 1. The molecule has 0 aliphatic rings. The van der Waals surface area contributed by atoms with Crippen molar-refractivity contribution < 1.29 is 19.4 Å². The number of aryl methyl sites for hydroxylation is 1. The average Bonchev–Trinajstić information content (AvgIpc) is 2.26. The molecule has 0 spiro atoms. The minimum Gasteiger partial charge on any atom is -0.482 e. The van der Waals surface area contributed by atoms with Crippen LogP contribution in [0.3, 0.4) is 0 Å². The summed E-state index contributed by atoms with van der Waals surface area (Å²) in [6.07, 6.45) is 0. The van der Waals surface area contributed by atoms with Crippen LogP contribution in [0.2, 0.25) is 5.02 Å². The van der Waals surface area contributed by atoms with Crippen LogP contribution in [-0.2, 0) is 16.1 Å². The molecule has 94 valence electrons. The zero-order valence-electron chi connectivity index (χ0n) is 9.83. The smallest absolute Gasteiger partial charge is 0.344 e. The molecule has 0 aromatic heterocycles. The van der Waals surface area contributed by atoms with Gasteiger partial charge in [0, 0.05) is 0 Å². The van der Waals surface area contributed by atoms with Gasteiger partial charge in [-0.2, -0.15) is 0 Å². The standard InChI is InChI=1S/C12H15ClO4/c1-3-16-12(15)7-17-9-4-8(2)10(6-14)11(13)5-9/h4-5,14H,3,6-7H2,1-2H3. The SMILES string of the molecule is CCOC(=O)COc1cc(C)c(CO)c(Cl)c1. The number of aliphatic hydroxyl groups excluding tert-OH is 1. The molecule has 1 aromatic carbocycles. The summed E-state index contributed by atoms with van der Waals surface area (Å²) in [5.41, 5.74) is 1.48. The van der Waals surface area contributed by atoms with Crippen molar-refractivity contribution in [1.29, 1.82) is 0 Å². The van der Waals surface area contributed by atoms with Crippen LogP contribution in [0.1, 0.15) is 18.1 Å². The van der Waals surface area contributed by atoms with Crippen molar-refractivity contribution in [3.05, 3.63) is 28.3 Å². The monoisotopic (exact) mass is 258 g/mol. The van der Waals surface area contributed by atoms with Gasteiger partial charge in [-0.3, -0.25) is 0 Å². The van der Waals surface area contributed by atoms with E-state index in [4.69, 9.17) is 26.2 Å². The van der Waals surface area contributed by atoms with Gasteiger partial charge in [0.05, 0.1) is 18.2 Å². The highest BCUT2D eigenvalue weighted by atomic mass is 35.5. The van der Waals surface area contributed by atoms with Crippen LogP contribution < -0.4 is 4.74 Å². The van der Waals surface area contributed by atoms with Gasteiger partial charge in [-0.1, -0.05) is 11.6 Å². The second kappa shape index (κ2) is 6.47. The fraction of sp³-hybridized carbons (Fsp3) is 0.417. The van der Waals surface area contributed by atoms with Crippen LogP contribution >= 0.6 is 11.6 Å². The van der Waals surface area contributed by atoms with E-state index in [0.29, 0.717) is 22.9 Å². The predicted octanol–water partition coefficient (Wildman–Crippen LogP) is 2.08. The fourth-order valence-electron chi connectivity index (χ4n) is 1.37. The van der Waals surface area contributed by atoms with E-state index in [1.807, 2.05) is 6.92 Å². The van der Waals surface area contributed by atoms with Crippen molar-refractivity contribution in [3.8, 4) is 5.75 Å². The number of hydrogen-bond acceptors (Lipinski definition) is 4. The summed E-state index contributed by atoms with van der Waals surface area (Å²) < 4.78 is 9.97. The summed E-state index contributed by atoms with van der Waals surface area (Å²) >= 11 is 5.96. The average molecular weight is 259 g/mol. The first-order valence-corrected chi connectivity index (χ1v) is 5.64. The molecule has 0 unspecified atom stereocenters. The minimum atomic E-state index is -0.424. The number of aliphatic hydroxyl groups is 1. The summed E-state index contributed by atoms with van der Waals surface area (Å²) in [6.45, 7) is 3.60. The Hall–Kier alpha value is -1.26. The Balaban J connectivity index is 2.70. The van der Waals surface area contributed by atoms with Crippen LogP contribution in [-0.4, -0.2) is 24.3 Å². The topological polar surface area (TPSA) is 55.8 Å². The number of hydrogen-bond donors (Lipinski definition) is 1. The summed E-state index contributed by atoms with van der Waals surface area (Å²) in [5, 5.41) is 9.50. The fourth-order valence-corrected chi connectivity index (χ4v) is 1.69.